The van der Waals surface area contributed by atoms with Gasteiger partial charge in [0.05, 0.1) is 5.69 Å². The zero-order valence-electron chi connectivity index (χ0n) is 14.9. The normalized spacial score (nSPS) is 25.8. The highest BCUT2D eigenvalue weighted by molar-refractivity contribution is 7.15. The van der Waals surface area contributed by atoms with Crippen LogP contribution in [0.15, 0.2) is 24.3 Å². The smallest absolute Gasteiger partial charge is 0.152 e. The van der Waals surface area contributed by atoms with Gasteiger partial charge in [0.15, 0.2) is 11.6 Å². The summed E-state index contributed by atoms with van der Waals surface area (Å²) in [6.45, 7) is 6.33. The van der Waals surface area contributed by atoms with Crippen LogP contribution in [-0.4, -0.2) is 16.6 Å². The molecule has 2 bridgehead atoms. The predicted octanol–water partition coefficient (Wildman–Crippen LogP) is 4.89. The Morgan fingerprint density at radius 2 is 1.64 bits per heavy atom. The largest absolute Gasteiger partial charge is 0.298 e. The molecular formula is C21H23NO2S. The molecule has 3 nitrogen and oxygen atoms in total. The first kappa shape index (κ1) is 16.6. The summed E-state index contributed by atoms with van der Waals surface area (Å²) < 4.78 is 0. The van der Waals surface area contributed by atoms with E-state index in [1.54, 1.807) is 11.3 Å². The molecule has 4 heteroatoms. The number of hydrogen-bond acceptors (Lipinski definition) is 4. The van der Waals surface area contributed by atoms with Crippen molar-refractivity contribution in [2.75, 3.05) is 0 Å². The fraction of sp³-hybridized carbons (Fsp3) is 0.476. The summed E-state index contributed by atoms with van der Waals surface area (Å²) in [6, 6.07) is 8.44. The van der Waals surface area contributed by atoms with E-state index in [0.29, 0.717) is 11.6 Å². The minimum atomic E-state index is -0.619. The fourth-order valence-electron chi connectivity index (χ4n) is 4.19. The quantitative estimate of drug-likeness (QED) is 0.738. The van der Waals surface area contributed by atoms with E-state index in [0.717, 1.165) is 34.7 Å². The fourth-order valence-corrected chi connectivity index (χ4v) is 5.15. The molecule has 1 heterocycles. The van der Waals surface area contributed by atoms with E-state index >= 15 is 0 Å². The Hall–Kier alpha value is -1.81. The maximum Gasteiger partial charge on any atom is 0.152 e. The molecule has 0 radical (unpaired) electrons. The van der Waals surface area contributed by atoms with Crippen LogP contribution >= 0.6 is 11.3 Å². The second kappa shape index (κ2) is 6.17. The van der Waals surface area contributed by atoms with Gasteiger partial charge in [-0.25, -0.2) is 4.98 Å². The van der Waals surface area contributed by atoms with Crippen molar-refractivity contribution in [1.29, 1.82) is 0 Å². The first-order valence-corrected chi connectivity index (χ1v) is 9.92. The summed E-state index contributed by atoms with van der Waals surface area (Å²) in [5.74, 6) is 0.231. The highest BCUT2D eigenvalue weighted by Crippen LogP contribution is 2.45. The lowest BCUT2D eigenvalue weighted by Gasteiger charge is -2.24. The van der Waals surface area contributed by atoms with Gasteiger partial charge in [0.1, 0.15) is 10.9 Å². The first-order chi connectivity index (χ1) is 12.0. The van der Waals surface area contributed by atoms with Crippen LogP contribution in [0.5, 0.6) is 0 Å². The third-order valence-electron chi connectivity index (χ3n) is 5.74. The Morgan fingerprint density at radius 1 is 1.04 bits per heavy atom. The predicted molar refractivity (Wildman–Crippen MR) is 100.0 cm³/mol. The maximum absolute atomic E-state index is 12.8. The van der Waals surface area contributed by atoms with Crippen molar-refractivity contribution in [3.63, 3.8) is 0 Å². The van der Waals surface area contributed by atoms with Crippen LogP contribution in [-0.2, 0) is 9.59 Å². The molecule has 130 valence electrons. The molecule has 0 N–H and O–H groups in total. The Balaban J connectivity index is 1.68. The lowest BCUT2D eigenvalue weighted by atomic mass is 9.77. The molecule has 25 heavy (non-hydrogen) atoms. The second-order valence-electron chi connectivity index (χ2n) is 7.68. The lowest BCUT2D eigenvalue weighted by molar-refractivity contribution is -0.136. The number of ketones is 2. The monoisotopic (exact) mass is 353 g/mol. The molecule has 2 saturated carbocycles. The van der Waals surface area contributed by atoms with Crippen LogP contribution in [0, 0.1) is 18.8 Å². The number of aryl methyl sites for hydroxylation is 1. The summed E-state index contributed by atoms with van der Waals surface area (Å²) in [5.41, 5.74) is 3.06. The van der Waals surface area contributed by atoms with Crippen LogP contribution in [0.25, 0.3) is 10.6 Å². The molecule has 2 aliphatic carbocycles. The van der Waals surface area contributed by atoms with Crippen LogP contribution < -0.4 is 0 Å². The van der Waals surface area contributed by atoms with E-state index in [4.69, 9.17) is 4.98 Å². The molecule has 2 fully saturated rings. The standard InChI is InChI=1S/C21H23NO2S/c1-11(2)13-4-6-14(7-5-13)21-22-18(12(3)25-21)17-19(23)15-8-9-16(10-15)20(17)24/h4-7,11,15-17H,8-10H2,1-3H3/t15-,16+,17?. The third kappa shape index (κ3) is 2.77. The second-order valence-corrected chi connectivity index (χ2v) is 8.88. The number of fused-ring (bicyclic) bond motifs is 2. The zero-order chi connectivity index (χ0) is 17.7. The molecule has 0 aliphatic heterocycles. The van der Waals surface area contributed by atoms with Crippen LogP contribution in [0.2, 0.25) is 0 Å². The molecule has 1 aromatic heterocycles. The molecular weight excluding hydrogens is 330 g/mol. The van der Waals surface area contributed by atoms with E-state index in [-0.39, 0.29) is 23.4 Å². The minimum Gasteiger partial charge on any atom is -0.298 e. The van der Waals surface area contributed by atoms with Crippen LogP contribution in [0.3, 0.4) is 0 Å². The summed E-state index contributed by atoms with van der Waals surface area (Å²) in [5, 5.41) is 0.904. The number of hydrogen-bond donors (Lipinski definition) is 0. The summed E-state index contributed by atoms with van der Waals surface area (Å²) in [4.78, 5) is 31.3. The maximum atomic E-state index is 12.8. The van der Waals surface area contributed by atoms with Gasteiger partial charge in [0.25, 0.3) is 0 Å². The molecule has 3 atom stereocenters. The molecule has 1 unspecified atom stereocenters. The summed E-state index contributed by atoms with van der Waals surface area (Å²) >= 11 is 1.59. The van der Waals surface area contributed by atoms with Gasteiger partial charge in [-0.2, -0.15) is 0 Å². The van der Waals surface area contributed by atoms with Crippen LogP contribution in [0.4, 0.5) is 0 Å². The van der Waals surface area contributed by atoms with Gasteiger partial charge in [0, 0.05) is 22.3 Å². The van der Waals surface area contributed by atoms with Crippen molar-refractivity contribution < 1.29 is 9.59 Å². The number of Topliss-reactive ketones (excluding diaryl/α,β-unsaturated/α-hetero) is 2. The average Bonchev–Trinajstić information content (AvgIpc) is 3.20. The number of rotatable bonds is 3. The van der Waals surface area contributed by atoms with E-state index < -0.39 is 5.92 Å². The number of nitrogens with zero attached hydrogens (tertiary/aromatic N) is 1. The first-order valence-electron chi connectivity index (χ1n) is 9.10. The van der Waals surface area contributed by atoms with Gasteiger partial charge < -0.3 is 0 Å². The Labute approximate surface area is 152 Å². The molecule has 2 aromatic rings. The van der Waals surface area contributed by atoms with Crippen molar-refractivity contribution in [2.24, 2.45) is 11.8 Å². The molecule has 0 spiro atoms. The minimum absolute atomic E-state index is 0.0718. The highest BCUT2D eigenvalue weighted by atomic mass is 32.1. The topological polar surface area (TPSA) is 47.0 Å². The third-order valence-corrected chi connectivity index (χ3v) is 6.77. The summed E-state index contributed by atoms with van der Waals surface area (Å²) in [7, 11) is 0. The summed E-state index contributed by atoms with van der Waals surface area (Å²) in [6.07, 6.45) is 2.51. The molecule has 0 saturated heterocycles. The van der Waals surface area contributed by atoms with Gasteiger partial charge in [-0.3, -0.25) is 9.59 Å². The lowest BCUT2D eigenvalue weighted by Crippen LogP contribution is -2.35. The van der Waals surface area contributed by atoms with E-state index in [1.165, 1.54) is 5.56 Å². The number of benzene rings is 1. The van der Waals surface area contributed by atoms with Crippen molar-refractivity contribution in [3.05, 3.63) is 40.4 Å². The van der Waals surface area contributed by atoms with Crippen molar-refractivity contribution in [1.82, 2.24) is 4.98 Å². The van der Waals surface area contributed by atoms with Crippen LogP contribution in [0.1, 0.15) is 61.1 Å². The zero-order valence-corrected chi connectivity index (χ0v) is 15.7. The molecule has 2 aliphatic rings. The highest BCUT2D eigenvalue weighted by Gasteiger charge is 2.48. The van der Waals surface area contributed by atoms with Crippen molar-refractivity contribution in [3.8, 4) is 10.6 Å². The van der Waals surface area contributed by atoms with Gasteiger partial charge in [-0.1, -0.05) is 38.1 Å². The van der Waals surface area contributed by atoms with E-state index in [9.17, 15) is 9.59 Å². The number of aromatic nitrogens is 1. The van der Waals surface area contributed by atoms with Gasteiger partial charge in [-0.05, 0) is 37.7 Å². The van der Waals surface area contributed by atoms with Gasteiger partial charge in [0.2, 0.25) is 0 Å². The van der Waals surface area contributed by atoms with Gasteiger partial charge in [-0.15, -0.1) is 11.3 Å². The number of thiazole rings is 1. The van der Waals surface area contributed by atoms with E-state index in [2.05, 4.69) is 38.1 Å². The Kier molecular flexibility index (Phi) is 4.11. The van der Waals surface area contributed by atoms with E-state index in [1.807, 2.05) is 6.92 Å². The van der Waals surface area contributed by atoms with Crippen molar-refractivity contribution in [2.45, 2.75) is 51.9 Å². The number of carbonyl (C=O) groups excluding carboxylic acids is 2. The van der Waals surface area contributed by atoms with Crippen molar-refractivity contribution >= 4 is 22.9 Å². The number of carbonyl (C=O) groups is 2. The average molecular weight is 353 g/mol. The SMILES string of the molecule is Cc1sc(-c2ccc(C(C)C)cc2)nc1C1C(=O)[C@@H]2CC[C@@H](C2)C1=O. The Morgan fingerprint density at radius 3 is 2.20 bits per heavy atom. The molecule has 1 aromatic carbocycles. The molecule has 0 amide bonds. The van der Waals surface area contributed by atoms with Gasteiger partial charge >= 0.3 is 0 Å². The Bertz CT molecular complexity index is 812. The molecule has 4 rings (SSSR count).